The fourth-order valence-electron chi connectivity index (χ4n) is 2.04. The molecule has 0 aromatic carbocycles. The van der Waals surface area contributed by atoms with Gasteiger partial charge >= 0.3 is 0 Å². The lowest BCUT2D eigenvalue weighted by atomic mass is 9.93. The van der Waals surface area contributed by atoms with Crippen LogP contribution in [0.1, 0.15) is 35.4 Å². The van der Waals surface area contributed by atoms with Crippen LogP contribution < -0.4 is 5.32 Å². The van der Waals surface area contributed by atoms with Gasteiger partial charge in [0.15, 0.2) is 5.78 Å². The summed E-state index contributed by atoms with van der Waals surface area (Å²) in [6.45, 7) is 0.418. The van der Waals surface area contributed by atoms with Crippen molar-refractivity contribution in [1.29, 1.82) is 0 Å². The summed E-state index contributed by atoms with van der Waals surface area (Å²) in [7, 11) is 0. The van der Waals surface area contributed by atoms with Gasteiger partial charge in [-0.1, -0.05) is 6.07 Å². The standard InChI is InChI=1S/C12H17NO2S/c14-10-5-3-9(4-6-10)13-8-11(15)12-2-1-7-16-12/h1-2,7,9-10,13-14H,3-6,8H2. The van der Waals surface area contributed by atoms with Gasteiger partial charge in [-0.2, -0.15) is 0 Å². The highest BCUT2D eigenvalue weighted by molar-refractivity contribution is 7.12. The number of Topliss-reactive ketones (excluding diaryl/α,β-unsaturated/α-hetero) is 1. The Kier molecular flexibility index (Phi) is 4.09. The Hall–Kier alpha value is -0.710. The third-order valence-electron chi connectivity index (χ3n) is 3.04. The summed E-state index contributed by atoms with van der Waals surface area (Å²) in [5.41, 5.74) is 0. The summed E-state index contributed by atoms with van der Waals surface area (Å²) in [6, 6.07) is 4.15. The van der Waals surface area contributed by atoms with E-state index in [9.17, 15) is 9.90 Å². The maximum Gasteiger partial charge on any atom is 0.186 e. The first-order valence-corrected chi connectivity index (χ1v) is 6.62. The summed E-state index contributed by atoms with van der Waals surface area (Å²) in [5, 5.41) is 14.6. The molecule has 3 nitrogen and oxygen atoms in total. The molecule has 1 saturated carbocycles. The molecule has 0 radical (unpaired) electrons. The van der Waals surface area contributed by atoms with Gasteiger partial charge in [-0.25, -0.2) is 0 Å². The van der Waals surface area contributed by atoms with Crippen molar-refractivity contribution < 1.29 is 9.90 Å². The minimum Gasteiger partial charge on any atom is -0.393 e. The Labute approximate surface area is 99.5 Å². The lowest BCUT2D eigenvalue weighted by Crippen LogP contribution is -2.37. The number of carbonyl (C=O) groups is 1. The van der Waals surface area contributed by atoms with Crippen molar-refractivity contribution in [2.24, 2.45) is 0 Å². The molecule has 0 bridgehead atoms. The molecule has 0 spiro atoms. The van der Waals surface area contributed by atoms with Crippen LogP contribution in [0.2, 0.25) is 0 Å². The summed E-state index contributed by atoms with van der Waals surface area (Å²) >= 11 is 1.49. The van der Waals surface area contributed by atoms with Crippen LogP contribution in [0.5, 0.6) is 0 Å². The zero-order chi connectivity index (χ0) is 11.4. The van der Waals surface area contributed by atoms with Crippen LogP contribution in [0.25, 0.3) is 0 Å². The third kappa shape index (κ3) is 3.14. The van der Waals surface area contributed by atoms with Crippen LogP contribution in [-0.2, 0) is 0 Å². The zero-order valence-electron chi connectivity index (χ0n) is 9.19. The highest BCUT2D eigenvalue weighted by Crippen LogP contribution is 2.18. The number of hydrogen-bond donors (Lipinski definition) is 2. The van der Waals surface area contributed by atoms with E-state index in [1.807, 2.05) is 17.5 Å². The van der Waals surface area contributed by atoms with Gasteiger partial charge < -0.3 is 10.4 Å². The molecule has 0 amide bonds. The van der Waals surface area contributed by atoms with Gasteiger partial charge in [-0.3, -0.25) is 4.79 Å². The predicted molar refractivity (Wildman–Crippen MR) is 64.9 cm³/mol. The topological polar surface area (TPSA) is 49.3 Å². The van der Waals surface area contributed by atoms with Gasteiger partial charge in [0.25, 0.3) is 0 Å². The van der Waals surface area contributed by atoms with E-state index in [1.54, 1.807) is 0 Å². The molecule has 1 aromatic heterocycles. The number of rotatable bonds is 4. The van der Waals surface area contributed by atoms with Gasteiger partial charge in [0.05, 0.1) is 17.5 Å². The zero-order valence-corrected chi connectivity index (χ0v) is 10.0. The average molecular weight is 239 g/mol. The van der Waals surface area contributed by atoms with Crippen LogP contribution in [0, 0.1) is 0 Å². The van der Waals surface area contributed by atoms with E-state index in [0.29, 0.717) is 12.6 Å². The van der Waals surface area contributed by atoms with E-state index in [4.69, 9.17) is 0 Å². The molecule has 1 fully saturated rings. The first-order chi connectivity index (χ1) is 7.75. The Balaban J connectivity index is 1.73. The Morgan fingerprint density at radius 3 is 2.81 bits per heavy atom. The van der Waals surface area contributed by atoms with Crippen LogP contribution in [0.3, 0.4) is 0 Å². The fraction of sp³-hybridized carbons (Fsp3) is 0.583. The van der Waals surface area contributed by atoms with Crippen LogP contribution in [0.4, 0.5) is 0 Å². The summed E-state index contributed by atoms with van der Waals surface area (Å²) < 4.78 is 0. The second-order valence-electron chi connectivity index (χ2n) is 4.29. The molecule has 1 aliphatic rings. The molecule has 0 aliphatic heterocycles. The van der Waals surface area contributed by atoms with Crippen molar-refractivity contribution in [3.8, 4) is 0 Å². The number of ketones is 1. The molecule has 2 N–H and O–H groups in total. The van der Waals surface area contributed by atoms with Gasteiger partial charge in [0.1, 0.15) is 0 Å². The quantitative estimate of drug-likeness (QED) is 0.788. The molecule has 0 atom stereocenters. The van der Waals surface area contributed by atoms with Crippen molar-refractivity contribution in [2.75, 3.05) is 6.54 Å². The SMILES string of the molecule is O=C(CNC1CCC(O)CC1)c1cccs1. The van der Waals surface area contributed by atoms with E-state index in [1.165, 1.54) is 11.3 Å². The van der Waals surface area contributed by atoms with Crippen LogP contribution >= 0.6 is 11.3 Å². The number of nitrogens with one attached hydrogen (secondary N) is 1. The fourth-order valence-corrected chi connectivity index (χ4v) is 2.71. The normalized spacial score (nSPS) is 25.6. The van der Waals surface area contributed by atoms with Crippen LogP contribution in [0.15, 0.2) is 17.5 Å². The molecular weight excluding hydrogens is 222 g/mol. The van der Waals surface area contributed by atoms with E-state index in [2.05, 4.69) is 5.32 Å². The monoisotopic (exact) mass is 239 g/mol. The van der Waals surface area contributed by atoms with Crippen molar-refractivity contribution in [3.63, 3.8) is 0 Å². The number of carbonyl (C=O) groups excluding carboxylic acids is 1. The van der Waals surface area contributed by atoms with Crippen molar-refractivity contribution in [1.82, 2.24) is 5.32 Å². The molecule has 16 heavy (non-hydrogen) atoms. The first-order valence-electron chi connectivity index (χ1n) is 5.74. The van der Waals surface area contributed by atoms with E-state index in [-0.39, 0.29) is 11.9 Å². The van der Waals surface area contributed by atoms with Gasteiger partial charge in [-0.05, 0) is 37.1 Å². The molecule has 1 aromatic rings. The Bertz CT molecular complexity index is 329. The Morgan fingerprint density at radius 1 is 1.44 bits per heavy atom. The number of aliphatic hydroxyl groups is 1. The molecule has 88 valence electrons. The third-order valence-corrected chi connectivity index (χ3v) is 3.95. The highest BCUT2D eigenvalue weighted by atomic mass is 32.1. The van der Waals surface area contributed by atoms with E-state index in [0.717, 1.165) is 30.6 Å². The largest absolute Gasteiger partial charge is 0.393 e. The lowest BCUT2D eigenvalue weighted by molar-refractivity contribution is 0.0968. The average Bonchev–Trinajstić information content (AvgIpc) is 2.81. The van der Waals surface area contributed by atoms with E-state index >= 15 is 0 Å². The maximum absolute atomic E-state index is 11.7. The maximum atomic E-state index is 11.7. The molecule has 0 unspecified atom stereocenters. The number of aliphatic hydroxyl groups excluding tert-OH is 1. The minimum atomic E-state index is -0.133. The second-order valence-corrected chi connectivity index (χ2v) is 5.23. The molecule has 4 heteroatoms. The lowest BCUT2D eigenvalue weighted by Gasteiger charge is -2.25. The van der Waals surface area contributed by atoms with Crippen molar-refractivity contribution in [2.45, 2.75) is 37.8 Å². The van der Waals surface area contributed by atoms with E-state index < -0.39 is 0 Å². The summed E-state index contributed by atoms with van der Waals surface area (Å²) in [4.78, 5) is 12.5. The summed E-state index contributed by atoms with van der Waals surface area (Å²) in [6.07, 6.45) is 3.51. The summed E-state index contributed by atoms with van der Waals surface area (Å²) in [5.74, 6) is 0.168. The molecule has 0 saturated heterocycles. The van der Waals surface area contributed by atoms with Gasteiger partial charge in [0, 0.05) is 6.04 Å². The second kappa shape index (κ2) is 5.57. The molecular formula is C12H17NO2S. The van der Waals surface area contributed by atoms with Gasteiger partial charge in [-0.15, -0.1) is 11.3 Å². The Morgan fingerprint density at radius 2 is 2.19 bits per heavy atom. The highest BCUT2D eigenvalue weighted by Gasteiger charge is 2.19. The van der Waals surface area contributed by atoms with Crippen molar-refractivity contribution >= 4 is 17.1 Å². The first kappa shape index (κ1) is 11.8. The molecule has 2 rings (SSSR count). The number of thiophene rings is 1. The molecule has 1 heterocycles. The molecule has 1 aliphatic carbocycles. The predicted octanol–water partition coefficient (Wildman–Crippen LogP) is 1.82. The van der Waals surface area contributed by atoms with Crippen LogP contribution in [-0.4, -0.2) is 29.6 Å². The van der Waals surface area contributed by atoms with Gasteiger partial charge in [0.2, 0.25) is 0 Å². The minimum absolute atomic E-state index is 0.133. The van der Waals surface area contributed by atoms with Crippen molar-refractivity contribution in [3.05, 3.63) is 22.4 Å². The smallest absolute Gasteiger partial charge is 0.186 e. The number of hydrogen-bond acceptors (Lipinski definition) is 4.